The zero-order valence-electron chi connectivity index (χ0n) is 13.5. The summed E-state index contributed by atoms with van der Waals surface area (Å²) < 4.78 is 1.70. The van der Waals surface area contributed by atoms with Crippen molar-refractivity contribution < 1.29 is 9.72 Å². The second-order valence-electron chi connectivity index (χ2n) is 5.33. The zero-order chi connectivity index (χ0) is 17.1. The Labute approximate surface area is 133 Å². The van der Waals surface area contributed by atoms with Crippen LogP contribution in [0.15, 0.2) is 24.3 Å². The monoisotopic (exact) mass is 317 g/mol. The largest absolute Gasteiger partial charge is 0.374 e. The molecule has 0 aliphatic carbocycles. The molecule has 0 unspecified atom stereocenters. The number of aromatic nitrogens is 2. The summed E-state index contributed by atoms with van der Waals surface area (Å²) in [7, 11) is 1.81. The Morgan fingerprint density at radius 2 is 2.09 bits per heavy atom. The van der Waals surface area contributed by atoms with Gasteiger partial charge in [-0.1, -0.05) is 6.07 Å². The van der Waals surface area contributed by atoms with Crippen LogP contribution in [0.4, 0.5) is 17.1 Å². The van der Waals surface area contributed by atoms with Crippen molar-refractivity contribution in [3.05, 3.63) is 45.8 Å². The summed E-state index contributed by atoms with van der Waals surface area (Å²) in [6, 6.07) is 5.48. The zero-order valence-corrected chi connectivity index (χ0v) is 13.5. The molecule has 1 amide bonds. The van der Waals surface area contributed by atoms with Crippen LogP contribution in [0.5, 0.6) is 0 Å². The summed E-state index contributed by atoms with van der Waals surface area (Å²) in [5.74, 6) is -0.240. The minimum atomic E-state index is -0.559. The number of nitrogens with one attached hydrogen (secondary N) is 2. The van der Waals surface area contributed by atoms with Gasteiger partial charge in [-0.2, -0.15) is 5.10 Å². The van der Waals surface area contributed by atoms with E-state index in [-0.39, 0.29) is 11.6 Å². The third kappa shape index (κ3) is 3.65. The highest BCUT2D eigenvalue weighted by atomic mass is 16.6. The summed E-state index contributed by atoms with van der Waals surface area (Å²) in [5, 5.41) is 20.8. The fourth-order valence-corrected chi connectivity index (χ4v) is 2.21. The standard InChI is InChI=1S/C15H19N5O3/c1-9-14(11(3)19(4)18-9)17-15(21)10(2)16-12-6-5-7-13(8-12)20(22)23/h5-8,10,16H,1-4H3,(H,17,21)/t10-/m1/s1. The molecule has 1 heterocycles. The normalized spacial score (nSPS) is 11.8. The summed E-state index contributed by atoms with van der Waals surface area (Å²) in [6.07, 6.45) is 0. The Bertz CT molecular complexity index is 754. The average molecular weight is 317 g/mol. The smallest absolute Gasteiger partial charge is 0.271 e. The SMILES string of the molecule is Cc1nn(C)c(C)c1NC(=O)[C@@H](C)Nc1cccc([N+](=O)[O-])c1. The molecular weight excluding hydrogens is 298 g/mol. The number of carbonyl (C=O) groups is 1. The van der Waals surface area contributed by atoms with Gasteiger partial charge in [0, 0.05) is 24.9 Å². The molecule has 0 bridgehead atoms. The molecule has 0 saturated heterocycles. The molecule has 122 valence electrons. The highest BCUT2D eigenvalue weighted by Crippen LogP contribution is 2.20. The van der Waals surface area contributed by atoms with Crippen LogP contribution in [0, 0.1) is 24.0 Å². The number of carbonyl (C=O) groups excluding carboxylic acids is 1. The lowest BCUT2D eigenvalue weighted by Gasteiger charge is -2.15. The summed E-state index contributed by atoms with van der Waals surface area (Å²) >= 11 is 0. The van der Waals surface area contributed by atoms with Crippen LogP contribution >= 0.6 is 0 Å². The highest BCUT2D eigenvalue weighted by molar-refractivity contribution is 5.97. The molecule has 23 heavy (non-hydrogen) atoms. The minimum Gasteiger partial charge on any atom is -0.374 e. The molecule has 8 nitrogen and oxygen atoms in total. The Kier molecular flexibility index (Phi) is 4.63. The second kappa shape index (κ2) is 6.47. The first-order chi connectivity index (χ1) is 10.8. The number of benzene rings is 1. The van der Waals surface area contributed by atoms with E-state index in [0.29, 0.717) is 11.4 Å². The van der Waals surface area contributed by atoms with E-state index in [4.69, 9.17) is 0 Å². The molecule has 0 spiro atoms. The fraction of sp³-hybridized carbons (Fsp3) is 0.333. The fourth-order valence-electron chi connectivity index (χ4n) is 2.21. The molecule has 1 atom stereocenters. The number of nitro benzene ring substituents is 1. The van der Waals surface area contributed by atoms with Gasteiger partial charge in [0.1, 0.15) is 6.04 Å². The van der Waals surface area contributed by atoms with Crippen molar-refractivity contribution in [3.8, 4) is 0 Å². The molecule has 2 rings (SSSR count). The molecule has 0 aliphatic rings. The number of amides is 1. The maximum atomic E-state index is 12.3. The average Bonchev–Trinajstić information content (AvgIpc) is 2.73. The van der Waals surface area contributed by atoms with Crippen LogP contribution in [0.25, 0.3) is 0 Å². The van der Waals surface area contributed by atoms with Crippen molar-refractivity contribution in [1.82, 2.24) is 9.78 Å². The summed E-state index contributed by atoms with van der Waals surface area (Å²) in [6.45, 7) is 5.38. The minimum absolute atomic E-state index is 0.0263. The number of hydrogen-bond donors (Lipinski definition) is 2. The Balaban J connectivity index is 2.08. The predicted molar refractivity (Wildman–Crippen MR) is 87.5 cm³/mol. The van der Waals surface area contributed by atoms with E-state index in [1.165, 1.54) is 12.1 Å². The van der Waals surface area contributed by atoms with Crippen molar-refractivity contribution in [2.24, 2.45) is 7.05 Å². The van der Waals surface area contributed by atoms with Crippen molar-refractivity contribution in [2.75, 3.05) is 10.6 Å². The van der Waals surface area contributed by atoms with Gasteiger partial charge in [-0.05, 0) is 26.8 Å². The lowest BCUT2D eigenvalue weighted by Crippen LogP contribution is -2.32. The van der Waals surface area contributed by atoms with E-state index >= 15 is 0 Å². The third-order valence-corrected chi connectivity index (χ3v) is 3.59. The molecule has 0 radical (unpaired) electrons. The number of nitro groups is 1. The summed E-state index contributed by atoms with van der Waals surface area (Å²) in [5.41, 5.74) is 2.77. The first kappa shape index (κ1) is 16.5. The van der Waals surface area contributed by atoms with Crippen LogP contribution in [-0.4, -0.2) is 26.7 Å². The topological polar surface area (TPSA) is 102 Å². The van der Waals surface area contributed by atoms with Gasteiger partial charge in [0.2, 0.25) is 5.91 Å². The molecule has 2 N–H and O–H groups in total. The van der Waals surface area contributed by atoms with Crippen LogP contribution in [0.3, 0.4) is 0 Å². The van der Waals surface area contributed by atoms with Crippen LogP contribution in [0.1, 0.15) is 18.3 Å². The van der Waals surface area contributed by atoms with Gasteiger partial charge >= 0.3 is 0 Å². The van der Waals surface area contributed by atoms with E-state index in [9.17, 15) is 14.9 Å². The van der Waals surface area contributed by atoms with E-state index in [1.807, 2.05) is 20.9 Å². The molecule has 0 saturated carbocycles. The van der Waals surface area contributed by atoms with Crippen LogP contribution < -0.4 is 10.6 Å². The van der Waals surface area contributed by atoms with Gasteiger partial charge in [0.15, 0.2) is 0 Å². The Hall–Kier alpha value is -2.90. The number of nitrogens with zero attached hydrogens (tertiary/aromatic N) is 3. The first-order valence-corrected chi connectivity index (χ1v) is 7.11. The van der Waals surface area contributed by atoms with Gasteiger partial charge < -0.3 is 10.6 Å². The van der Waals surface area contributed by atoms with Crippen molar-refractivity contribution >= 4 is 23.0 Å². The quantitative estimate of drug-likeness (QED) is 0.651. The van der Waals surface area contributed by atoms with Gasteiger partial charge in [-0.3, -0.25) is 19.6 Å². The second-order valence-corrected chi connectivity index (χ2v) is 5.33. The van der Waals surface area contributed by atoms with E-state index < -0.39 is 11.0 Å². The van der Waals surface area contributed by atoms with Gasteiger partial charge in [-0.15, -0.1) is 0 Å². The van der Waals surface area contributed by atoms with Gasteiger partial charge in [-0.25, -0.2) is 0 Å². The van der Waals surface area contributed by atoms with Crippen molar-refractivity contribution in [1.29, 1.82) is 0 Å². The number of non-ortho nitro benzene ring substituents is 1. The van der Waals surface area contributed by atoms with Crippen molar-refractivity contribution in [2.45, 2.75) is 26.8 Å². The lowest BCUT2D eigenvalue weighted by molar-refractivity contribution is -0.384. The number of aryl methyl sites for hydroxylation is 2. The highest BCUT2D eigenvalue weighted by Gasteiger charge is 2.18. The first-order valence-electron chi connectivity index (χ1n) is 7.11. The van der Waals surface area contributed by atoms with Crippen molar-refractivity contribution in [3.63, 3.8) is 0 Å². The number of rotatable bonds is 5. The van der Waals surface area contributed by atoms with Crippen LogP contribution in [-0.2, 0) is 11.8 Å². The molecule has 2 aromatic rings. The molecule has 1 aromatic carbocycles. The van der Waals surface area contributed by atoms with Gasteiger partial charge in [0.05, 0.1) is 22.0 Å². The predicted octanol–water partition coefficient (Wildman–Crippen LogP) is 2.38. The van der Waals surface area contributed by atoms with E-state index in [0.717, 1.165) is 11.4 Å². The molecule has 1 aromatic heterocycles. The molecular formula is C15H19N5O3. The molecule has 8 heteroatoms. The van der Waals surface area contributed by atoms with E-state index in [2.05, 4.69) is 15.7 Å². The maximum Gasteiger partial charge on any atom is 0.271 e. The van der Waals surface area contributed by atoms with Gasteiger partial charge in [0.25, 0.3) is 5.69 Å². The van der Waals surface area contributed by atoms with E-state index in [1.54, 1.807) is 23.7 Å². The summed E-state index contributed by atoms with van der Waals surface area (Å²) in [4.78, 5) is 22.6. The number of anilines is 2. The lowest BCUT2D eigenvalue weighted by atomic mass is 10.2. The Morgan fingerprint density at radius 3 is 2.65 bits per heavy atom. The molecule has 0 fully saturated rings. The maximum absolute atomic E-state index is 12.3. The number of hydrogen-bond acceptors (Lipinski definition) is 5. The van der Waals surface area contributed by atoms with Crippen LogP contribution in [0.2, 0.25) is 0 Å². The molecule has 0 aliphatic heterocycles. The Morgan fingerprint density at radius 1 is 1.39 bits per heavy atom. The third-order valence-electron chi connectivity index (χ3n) is 3.59.